The highest BCUT2D eigenvalue weighted by atomic mass is 35.5. The van der Waals surface area contributed by atoms with Crippen LogP contribution in [0.3, 0.4) is 0 Å². The fourth-order valence-electron chi connectivity index (χ4n) is 3.23. The van der Waals surface area contributed by atoms with Gasteiger partial charge in [0.2, 0.25) is 5.95 Å². The first-order chi connectivity index (χ1) is 13.2. The molecule has 1 fully saturated rings. The molecule has 1 aromatic heterocycles. The number of rotatable bonds is 5. The van der Waals surface area contributed by atoms with Gasteiger partial charge in [0, 0.05) is 41.4 Å². The molecule has 2 N–H and O–H groups in total. The summed E-state index contributed by atoms with van der Waals surface area (Å²) < 4.78 is 0. The van der Waals surface area contributed by atoms with E-state index in [-0.39, 0.29) is 0 Å². The summed E-state index contributed by atoms with van der Waals surface area (Å²) >= 11 is 6.18. The minimum atomic E-state index is 0.527. The van der Waals surface area contributed by atoms with Crippen molar-refractivity contribution < 1.29 is 0 Å². The normalized spacial score (nSPS) is 13.6. The molecule has 0 amide bonds. The number of nitrogens with zero attached hydrogens (tertiary/aromatic N) is 3. The Bertz CT molecular complexity index is 920. The molecule has 1 aliphatic heterocycles. The van der Waals surface area contributed by atoms with E-state index in [1.807, 2.05) is 31.2 Å². The van der Waals surface area contributed by atoms with Crippen LogP contribution < -0.4 is 15.5 Å². The Kier molecular flexibility index (Phi) is 5.12. The number of aromatic nitrogens is 2. The van der Waals surface area contributed by atoms with Gasteiger partial charge in [-0.3, -0.25) is 0 Å². The third-order valence-electron chi connectivity index (χ3n) is 4.78. The fraction of sp³-hybridized carbons (Fsp3) is 0.238. The summed E-state index contributed by atoms with van der Waals surface area (Å²) in [4.78, 5) is 11.3. The topological polar surface area (TPSA) is 53.1 Å². The Labute approximate surface area is 164 Å². The van der Waals surface area contributed by atoms with Crippen molar-refractivity contribution in [2.24, 2.45) is 0 Å². The number of nitrogens with one attached hydrogen (secondary N) is 2. The molecule has 1 aliphatic rings. The van der Waals surface area contributed by atoms with Gasteiger partial charge in [0.05, 0.1) is 0 Å². The molecule has 3 aromatic rings. The zero-order valence-electron chi connectivity index (χ0n) is 15.2. The van der Waals surface area contributed by atoms with Gasteiger partial charge in [-0.05, 0) is 67.8 Å². The van der Waals surface area contributed by atoms with Gasteiger partial charge in [-0.25, -0.2) is 4.98 Å². The molecule has 6 heteroatoms. The van der Waals surface area contributed by atoms with Crippen molar-refractivity contribution in [3.63, 3.8) is 0 Å². The first kappa shape index (κ1) is 17.6. The van der Waals surface area contributed by atoms with E-state index in [1.54, 1.807) is 6.20 Å². The molecule has 0 spiro atoms. The molecule has 2 heterocycles. The van der Waals surface area contributed by atoms with E-state index in [4.69, 9.17) is 11.6 Å². The summed E-state index contributed by atoms with van der Waals surface area (Å²) in [6.45, 7) is 4.27. The smallest absolute Gasteiger partial charge is 0.229 e. The van der Waals surface area contributed by atoms with E-state index in [0.29, 0.717) is 11.0 Å². The standard InChI is InChI=1S/C21H22ClN5/c1-15-18(22)5-4-6-19(15)25-21-23-12-11-20(26-21)24-16-7-9-17(10-8-16)27-13-2-3-14-27/h4-12H,2-3,13-14H2,1H3,(H2,23,24,25,26). The average Bonchev–Trinajstić information content (AvgIpc) is 3.21. The van der Waals surface area contributed by atoms with E-state index in [1.165, 1.54) is 18.5 Å². The van der Waals surface area contributed by atoms with E-state index >= 15 is 0 Å². The van der Waals surface area contributed by atoms with Crippen LogP contribution in [-0.2, 0) is 0 Å². The van der Waals surface area contributed by atoms with Crippen molar-refractivity contribution in [3.05, 3.63) is 65.3 Å². The molecule has 0 aliphatic carbocycles. The van der Waals surface area contributed by atoms with Gasteiger partial charge in [-0.1, -0.05) is 17.7 Å². The molecule has 0 bridgehead atoms. The second-order valence-electron chi connectivity index (χ2n) is 6.67. The number of anilines is 5. The molecular weight excluding hydrogens is 358 g/mol. The van der Waals surface area contributed by atoms with Crippen molar-refractivity contribution in [1.82, 2.24) is 9.97 Å². The predicted octanol–water partition coefficient (Wildman–Crippen LogP) is 5.53. The minimum absolute atomic E-state index is 0.527. The second-order valence-corrected chi connectivity index (χ2v) is 7.08. The van der Waals surface area contributed by atoms with Crippen LogP contribution in [0.15, 0.2) is 54.7 Å². The van der Waals surface area contributed by atoms with Gasteiger partial charge in [0.25, 0.3) is 0 Å². The van der Waals surface area contributed by atoms with E-state index in [2.05, 4.69) is 49.8 Å². The molecule has 2 aromatic carbocycles. The van der Waals surface area contributed by atoms with Crippen LogP contribution in [0.1, 0.15) is 18.4 Å². The lowest BCUT2D eigenvalue weighted by atomic mass is 10.2. The van der Waals surface area contributed by atoms with Gasteiger partial charge in [-0.15, -0.1) is 0 Å². The molecular formula is C21H22ClN5. The Morgan fingerprint density at radius 2 is 1.74 bits per heavy atom. The average molecular weight is 380 g/mol. The maximum Gasteiger partial charge on any atom is 0.229 e. The van der Waals surface area contributed by atoms with Gasteiger partial charge in [-0.2, -0.15) is 4.98 Å². The number of hydrogen-bond acceptors (Lipinski definition) is 5. The molecule has 5 nitrogen and oxygen atoms in total. The van der Waals surface area contributed by atoms with E-state index in [9.17, 15) is 0 Å². The Morgan fingerprint density at radius 1 is 0.963 bits per heavy atom. The van der Waals surface area contributed by atoms with Crippen molar-refractivity contribution in [3.8, 4) is 0 Å². The van der Waals surface area contributed by atoms with Crippen LogP contribution in [0.4, 0.5) is 28.8 Å². The summed E-state index contributed by atoms with van der Waals surface area (Å²) in [5.74, 6) is 1.26. The van der Waals surface area contributed by atoms with Crippen molar-refractivity contribution in [2.75, 3.05) is 28.6 Å². The highest BCUT2D eigenvalue weighted by molar-refractivity contribution is 6.31. The monoisotopic (exact) mass is 379 g/mol. The summed E-state index contributed by atoms with van der Waals surface area (Å²) in [5, 5.41) is 7.29. The summed E-state index contributed by atoms with van der Waals surface area (Å²) in [7, 11) is 0. The first-order valence-corrected chi connectivity index (χ1v) is 9.54. The maximum absolute atomic E-state index is 6.18. The van der Waals surface area contributed by atoms with Crippen LogP contribution in [0, 0.1) is 6.92 Å². The van der Waals surface area contributed by atoms with Crippen LogP contribution in [0.2, 0.25) is 5.02 Å². The lowest BCUT2D eigenvalue weighted by molar-refractivity contribution is 0.949. The molecule has 0 saturated carbocycles. The number of benzene rings is 2. The number of halogens is 1. The van der Waals surface area contributed by atoms with Gasteiger partial charge in [0.1, 0.15) is 5.82 Å². The molecule has 138 valence electrons. The highest BCUT2D eigenvalue weighted by Gasteiger charge is 2.12. The van der Waals surface area contributed by atoms with Gasteiger partial charge < -0.3 is 15.5 Å². The number of hydrogen-bond donors (Lipinski definition) is 2. The molecule has 0 atom stereocenters. The van der Waals surface area contributed by atoms with Crippen LogP contribution in [0.25, 0.3) is 0 Å². The Morgan fingerprint density at radius 3 is 2.52 bits per heavy atom. The lowest BCUT2D eigenvalue weighted by Crippen LogP contribution is -2.17. The van der Waals surface area contributed by atoms with E-state index < -0.39 is 0 Å². The lowest BCUT2D eigenvalue weighted by Gasteiger charge is -2.18. The minimum Gasteiger partial charge on any atom is -0.372 e. The summed E-state index contributed by atoms with van der Waals surface area (Å²) in [5.41, 5.74) is 4.15. The molecule has 27 heavy (non-hydrogen) atoms. The summed E-state index contributed by atoms with van der Waals surface area (Å²) in [6.07, 6.45) is 4.29. The zero-order valence-corrected chi connectivity index (χ0v) is 16.0. The second kappa shape index (κ2) is 7.84. The summed E-state index contributed by atoms with van der Waals surface area (Å²) in [6, 6.07) is 16.1. The third-order valence-corrected chi connectivity index (χ3v) is 5.19. The van der Waals surface area contributed by atoms with Gasteiger partial charge >= 0.3 is 0 Å². The van der Waals surface area contributed by atoms with Crippen LogP contribution in [-0.4, -0.2) is 23.1 Å². The zero-order chi connectivity index (χ0) is 18.6. The maximum atomic E-state index is 6.18. The third kappa shape index (κ3) is 4.14. The van der Waals surface area contributed by atoms with E-state index in [0.717, 1.165) is 35.8 Å². The van der Waals surface area contributed by atoms with Crippen LogP contribution in [0.5, 0.6) is 0 Å². The predicted molar refractivity (Wildman–Crippen MR) is 113 cm³/mol. The van der Waals surface area contributed by atoms with Crippen LogP contribution >= 0.6 is 11.6 Å². The highest BCUT2D eigenvalue weighted by Crippen LogP contribution is 2.26. The molecule has 4 rings (SSSR count). The largest absolute Gasteiger partial charge is 0.372 e. The van der Waals surface area contributed by atoms with Crippen molar-refractivity contribution in [1.29, 1.82) is 0 Å². The fourth-order valence-corrected chi connectivity index (χ4v) is 3.41. The molecule has 1 saturated heterocycles. The Hall–Kier alpha value is -2.79. The molecule has 0 radical (unpaired) electrons. The SMILES string of the molecule is Cc1c(Cl)cccc1Nc1nccc(Nc2ccc(N3CCCC3)cc2)n1. The molecule has 0 unspecified atom stereocenters. The quantitative estimate of drug-likeness (QED) is 0.610. The first-order valence-electron chi connectivity index (χ1n) is 9.16. The van der Waals surface area contributed by atoms with Crippen molar-refractivity contribution in [2.45, 2.75) is 19.8 Å². The van der Waals surface area contributed by atoms with Crippen molar-refractivity contribution >= 4 is 40.4 Å². The van der Waals surface area contributed by atoms with Gasteiger partial charge in [0.15, 0.2) is 0 Å². The Balaban J connectivity index is 1.47.